The highest BCUT2D eigenvalue weighted by Crippen LogP contribution is 2.46. The van der Waals surface area contributed by atoms with Gasteiger partial charge in [0.2, 0.25) is 0 Å². The summed E-state index contributed by atoms with van der Waals surface area (Å²) in [5.41, 5.74) is 3.94. The fraction of sp³-hybridized carbons (Fsp3) is 0.348. The Balaban J connectivity index is 1.97. The molecule has 3 aromatic rings. The Kier molecular flexibility index (Phi) is 4.57. The minimum absolute atomic E-state index is 0.159. The Hall–Kier alpha value is -2.17. The lowest BCUT2D eigenvalue weighted by Crippen LogP contribution is -2.22. The molecule has 0 saturated carbocycles. The number of hydrogen-bond donors (Lipinski definition) is 2. The molecule has 2 aromatic carbocycles. The Morgan fingerprint density at radius 2 is 1.93 bits per heavy atom. The average molecular weight is 380 g/mol. The van der Waals surface area contributed by atoms with Crippen LogP contribution in [0.3, 0.4) is 0 Å². The van der Waals surface area contributed by atoms with Crippen LogP contribution in [-0.4, -0.2) is 18.1 Å². The number of thiophene rings is 1. The van der Waals surface area contributed by atoms with Crippen molar-refractivity contribution in [3.8, 4) is 10.4 Å². The summed E-state index contributed by atoms with van der Waals surface area (Å²) in [6, 6.07) is 12.6. The first-order chi connectivity index (χ1) is 12.9. The van der Waals surface area contributed by atoms with E-state index in [4.69, 9.17) is 0 Å². The molecule has 0 unspecified atom stereocenters. The summed E-state index contributed by atoms with van der Waals surface area (Å²) in [6.45, 7) is 5.19. The van der Waals surface area contributed by atoms with E-state index in [1.165, 1.54) is 10.3 Å². The van der Waals surface area contributed by atoms with Gasteiger partial charge in [0.1, 0.15) is 0 Å². The van der Waals surface area contributed by atoms with Crippen LogP contribution in [0.25, 0.3) is 21.2 Å². The minimum atomic E-state index is -0.802. The number of nitrogens with one attached hydrogen (secondary N) is 1. The fourth-order valence-electron chi connectivity index (χ4n) is 4.17. The van der Waals surface area contributed by atoms with Crippen molar-refractivity contribution in [3.05, 3.63) is 58.0 Å². The smallest absolute Gasteiger partial charge is 0.337 e. The zero-order valence-corrected chi connectivity index (χ0v) is 16.9. The summed E-state index contributed by atoms with van der Waals surface area (Å²) in [6.07, 6.45) is 2.93. The third-order valence-electron chi connectivity index (χ3n) is 5.57. The molecule has 0 spiro atoms. The summed E-state index contributed by atoms with van der Waals surface area (Å²) in [4.78, 5) is 14.4. The number of carbonyl (C=O) groups is 1. The van der Waals surface area contributed by atoms with Gasteiger partial charge in [-0.25, -0.2) is 4.79 Å². The third kappa shape index (κ3) is 3.28. The highest BCUT2D eigenvalue weighted by atomic mass is 32.1. The summed E-state index contributed by atoms with van der Waals surface area (Å²) in [5.74, 6) is -0.802. The number of aryl methyl sites for hydroxylation is 1. The Morgan fingerprint density at radius 1 is 1.22 bits per heavy atom. The van der Waals surface area contributed by atoms with Gasteiger partial charge in [-0.15, -0.1) is 11.3 Å². The molecule has 0 radical (unpaired) electrons. The maximum atomic E-state index is 12.3. The van der Waals surface area contributed by atoms with Crippen molar-refractivity contribution in [2.75, 3.05) is 7.05 Å². The summed E-state index contributed by atoms with van der Waals surface area (Å²) in [7, 11) is 1.93. The van der Waals surface area contributed by atoms with Gasteiger partial charge in [0.15, 0.2) is 0 Å². The molecule has 0 atom stereocenters. The van der Waals surface area contributed by atoms with E-state index in [0.717, 1.165) is 46.2 Å². The van der Waals surface area contributed by atoms with Gasteiger partial charge in [-0.05, 0) is 71.3 Å². The molecule has 0 fully saturated rings. The van der Waals surface area contributed by atoms with Crippen LogP contribution in [-0.2, 0) is 19.4 Å². The Labute approximate surface area is 164 Å². The largest absolute Gasteiger partial charge is 0.478 e. The lowest BCUT2D eigenvalue weighted by molar-refractivity contribution is 0.0696. The van der Waals surface area contributed by atoms with Crippen LogP contribution < -0.4 is 5.32 Å². The molecular formula is C23H25NO2S. The summed E-state index contributed by atoms with van der Waals surface area (Å²) < 4.78 is 0. The van der Waals surface area contributed by atoms with Crippen molar-refractivity contribution in [1.82, 2.24) is 5.32 Å². The molecule has 4 heteroatoms. The first kappa shape index (κ1) is 18.2. The lowest BCUT2D eigenvalue weighted by Gasteiger charge is -2.29. The van der Waals surface area contributed by atoms with E-state index >= 15 is 0 Å². The topological polar surface area (TPSA) is 49.3 Å². The van der Waals surface area contributed by atoms with E-state index in [2.05, 4.69) is 43.4 Å². The van der Waals surface area contributed by atoms with Gasteiger partial charge in [0.25, 0.3) is 0 Å². The molecule has 1 aliphatic rings. The van der Waals surface area contributed by atoms with Crippen molar-refractivity contribution in [3.63, 3.8) is 0 Å². The first-order valence-corrected chi connectivity index (χ1v) is 10.3. The summed E-state index contributed by atoms with van der Waals surface area (Å²) in [5, 5.41) is 15.6. The van der Waals surface area contributed by atoms with Gasteiger partial charge >= 0.3 is 5.97 Å². The second kappa shape index (κ2) is 6.77. The highest BCUT2D eigenvalue weighted by molar-refractivity contribution is 7.16. The number of carboxylic acids is 1. The molecule has 0 amide bonds. The quantitative estimate of drug-likeness (QED) is 0.629. The molecule has 2 N–H and O–H groups in total. The van der Waals surface area contributed by atoms with Crippen LogP contribution in [0.4, 0.5) is 0 Å². The molecule has 1 aromatic heterocycles. The molecule has 3 nitrogen and oxygen atoms in total. The van der Waals surface area contributed by atoms with E-state index < -0.39 is 5.97 Å². The van der Waals surface area contributed by atoms with Gasteiger partial charge in [-0.3, -0.25) is 0 Å². The van der Waals surface area contributed by atoms with Gasteiger partial charge in [0, 0.05) is 16.3 Å². The van der Waals surface area contributed by atoms with E-state index in [9.17, 15) is 9.90 Å². The summed E-state index contributed by atoms with van der Waals surface area (Å²) >= 11 is 1.68. The normalized spacial score (nSPS) is 15.7. The predicted octanol–water partition coefficient (Wildman–Crippen LogP) is 5.50. The predicted molar refractivity (Wildman–Crippen MR) is 113 cm³/mol. The van der Waals surface area contributed by atoms with Crippen LogP contribution >= 0.6 is 11.3 Å². The van der Waals surface area contributed by atoms with Gasteiger partial charge in [0.05, 0.1) is 5.56 Å². The SMILES string of the molecule is CNCc1cc2ccccc2cc1-c1sc2c(c1C(=O)O)CC(C)(C)CC2. The molecular weight excluding hydrogens is 354 g/mol. The molecule has 140 valence electrons. The number of fused-ring (bicyclic) bond motifs is 2. The van der Waals surface area contributed by atoms with Crippen LogP contribution in [0.2, 0.25) is 0 Å². The number of carboxylic acid groups (broad SMARTS) is 1. The van der Waals surface area contributed by atoms with Crippen LogP contribution in [0.15, 0.2) is 36.4 Å². The highest BCUT2D eigenvalue weighted by Gasteiger charge is 2.33. The van der Waals surface area contributed by atoms with Crippen molar-refractivity contribution in [2.24, 2.45) is 5.41 Å². The minimum Gasteiger partial charge on any atom is -0.478 e. The zero-order chi connectivity index (χ0) is 19.2. The van der Waals surface area contributed by atoms with Crippen LogP contribution in [0, 0.1) is 5.41 Å². The van der Waals surface area contributed by atoms with E-state index in [1.54, 1.807) is 11.3 Å². The fourth-order valence-corrected chi connectivity index (χ4v) is 5.53. The molecule has 0 saturated heterocycles. The second-order valence-electron chi connectivity index (χ2n) is 8.24. The van der Waals surface area contributed by atoms with Gasteiger partial charge in [-0.2, -0.15) is 0 Å². The monoisotopic (exact) mass is 379 g/mol. The number of hydrogen-bond acceptors (Lipinski definition) is 3. The third-order valence-corrected chi connectivity index (χ3v) is 6.90. The zero-order valence-electron chi connectivity index (χ0n) is 16.1. The van der Waals surface area contributed by atoms with Gasteiger partial charge in [-0.1, -0.05) is 38.1 Å². The number of benzene rings is 2. The lowest BCUT2D eigenvalue weighted by atomic mass is 9.76. The molecule has 27 heavy (non-hydrogen) atoms. The van der Waals surface area contributed by atoms with E-state index in [-0.39, 0.29) is 5.41 Å². The number of rotatable bonds is 4. The molecule has 1 heterocycles. The maximum Gasteiger partial charge on any atom is 0.337 e. The van der Waals surface area contributed by atoms with E-state index in [0.29, 0.717) is 12.1 Å². The Bertz CT molecular complexity index is 1030. The van der Waals surface area contributed by atoms with Crippen molar-refractivity contribution in [2.45, 2.75) is 39.7 Å². The average Bonchev–Trinajstić information content (AvgIpc) is 2.98. The number of aromatic carboxylic acids is 1. The van der Waals surface area contributed by atoms with Crippen LogP contribution in [0.1, 0.15) is 46.6 Å². The molecule has 4 rings (SSSR count). The Morgan fingerprint density at radius 3 is 2.59 bits per heavy atom. The van der Waals surface area contributed by atoms with E-state index in [1.807, 2.05) is 19.2 Å². The molecule has 0 aliphatic heterocycles. The van der Waals surface area contributed by atoms with Crippen molar-refractivity contribution >= 4 is 28.1 Å². The molecule has 1 aliphatic carbocycles. The molecule has 0 bridgehead atoms. The van der Waals surface area contributed by atoms with Crippen molar-refractivity contribution < 1.29 is 9.90 Å². The van der Waals surface area contributed by atoms with Crippen molar-refractivity contribution in [1.29, 1.82) is 0 Å². The van der Waals surface area contributed by atoms with Gasteiger partial charge < -0.3 is 10.4 Å². The maximum absolute atomic E-state index is 12.3. The van der Waals surface area contributed by atoms with Crippen LogP contribution in [0.5, 0.6) is 0 Å². The second-order valence-corrected chi connectivity index (χ2v) is 9.35. The first-order valence-electron chi connectivity index (χ1n) is 9.44. The standard InChI is InChI=1S/C23H25NO2S/c1-23(2)9-8-19-18(12-23)20(22(25)26)21(27-19)17-11-15-7-5-4-6-14(15)10-16(17)13-24-3/h4-7,10-11,24H,8-9,12-13H2,1-3H3,(H,25,26).